The average molecular weight is 308 g/mol. The number of aromatic amines is 1. The average Bonchev–Trinajstić information content (AvgIpc) is 2.95. The molecular formula is C17H16N4O2. The van der Waals surface area contributed by atoms with Gasteiger partial charge in [0.05, 0.1) is 18.0 Å². The lowest BCUT2D eigenvalue weighted by Gasteiger charge is -2.06. The highest BCUT2D eigenvalue weighted by molar-refractivity contribution is 5.93. The molecule has 0 aliphatic rings. The van der Waals surface area contributed by atoms with Crippen LogP contribution >= 0.6 is 0 Å². The fraction of sp³-hybridized carbons (Fsp3) is 0.118. The molecule has 0 spiro atoms. The normalized spacial score (nSPS) is 12.8. The molecule has 1 amide bonds. The molecule has 0 unspecified atom stereocenters. The van der Waals surface area contributed by atoms with Gasteiger partial charge in [0.2, 0.25) is 5.91 Å². The first-order chi connectivity index (χ1) is 11.0. The highest BCUT2D eigenvalue weighted by atomic mass is 16.3. The largest absolute Gasteiger partial charge is 0.389 e. The maximum absolute atomic E-state index is 10.9. The predicted octanol–water partition coefficient (Wildman–Crippen LogP) is 2.18. The number of fused-ring (bicyclic) bond motifs is 1. The topological polar surface area (TPSA) is 105 Å². The number of carbonyl (C=O) groups is 1. The molecule has 3 aromatic rings. The van der Waals surface area contributed by atoms with E-state index in [1.165, 1.54) is 6.08 Å². The zero-order valence-electron chi connectivity index (χ0n) is 12.5. The number of amides is 1. The number of aliphatic hydroxyl groups is 1. The summed E-state index contributed by atoms with van der Waals surface area (Å²) in [7, 11) is 0. The van der Waals surface area contributed by atoms with E-state index in [-0.39, 0.29) is 0 Å². The molecule has 0 saturated heterocycles. The second-order valence-electron chi connectivity index (χ2n) is 5.23. The minimum absolute atomic E-state index is 0.507. The summed E-state index contributed by atoms with van der Waals surface area (Å²) in [5.74, 6) is -0.517. The van der Waals surface area contributed by atoms with E-state index in [9.17, 15) is 9.90 Å². The molecule has 0 radical (unpaired) electrons. The van der Waals surface area contributed by atoms with E-state index in [0.29, 0.717) is 16.9 Å². The van der Waals surface area contributed by atoms with Gasteiger partial charge in [0.25, 0.3) is 0 Å². The first kappa shape index (κ1) is 14.9. The molecule has 2 aromatic heterocycles. The van der Waals surface area contributed by atoms with Crippen LogP contribution in [0.3, 0.4) is 0 Å². The molecule has 1 aromatic carbocycles. The lowest BCUT2D eigenvalue weighted by atomic mass is 10.1. The Hall–Kier alpha value is -2.99. The van der Waals surface area contributed by atoms with Crippen molar-refractivity contribution < 1.29 is 9.90 Å². The minimum Gasteiger partial charge on any atom is -0.389 e. The van der Waals surface area contributed by atoms with E-state index in [1.54, 1.807) is 25.4 Å². The second kappa shape index (κ2) is 6.02. The molecule has 3 rings (SSSR count). The molecule has 23 heavy (non-hydrogen) atoms. The van der Waals surface area contributed by atoms with E-state index in [1.807, 2.05) is 24.3 Å². The number of nitrogens with one attached hydrogen (secondary N) is 1. The summed E-state index contributed by atoms with van der Waals surface area (Å²) in [6.07, 6.45) is 5.79. The van der Waals surface area contributed by atoms with Crippen LogP contribution in [0.2, 0.25) is 0 Å². The minimum atomic E-state index is -0.517. The number of nitrogens with zero attached hydrogens (tertiary/aromatic N) is 2. The number of aliphatic hydroxyl groups excluding tert-OH is 1. The van der Waals surface area contributed by atoms with Gasteiger partial charge >= 0.3 is 0 Å². The Balaban J connectivity index is 2.01. The summed E-state index contributed by atoms with van der Waals surface area (Å²) >= 11 is 0. The number of primary amides is 1. The number of carbonyl (C=O) groups excluding carboxylic acids is 1. The third-order valence-corrected chi connectivity index (χ3v) is 3.53. The van der Waals surface area contributed by atoms with Crippen molar-refractivity contribution in [2.45, 2.75) is 13.0 Å². The Morgan fingerprint density at radius 1 is 1.35 bits per heavy atom. The van der Waals surface area contributed by atoms with Gasteiger partial charge in [-0.05, 0) is 18.6 Å². The summed E-state index contributed by atoms with van der Waals surface area (Å²) < 4.78 is 0. The lowest BCUT2D eigenvalue weighted by molar-refractivity contribution is -0.113. The lowest BCUT2D eigenvalue weighted by Crippen LogP contribution is -2.05. The molecule has 0 saturated carbocycles. The Morgan fingerprint density at radius 2 is 2.09 bits per heavy atom. The van der Waals surface area contributed by atoms with Gasteiger partial charge in [-0.3, -0.25) is 4.79 Å². The summed E-state index contributed by atoms with van der Waals surface area (Å²) in [5, 5.41) is 9.56. The Labute approximate surface area is 132 Å². The molecule has 1 atom stereocenters. The van der Waals surface area contributed by atoms with E-state index in [2.05, 4.69) is 15.0 Å². The Morgan fingerprint density at radius 3 is 2.74 bits per heavy atom. The summed E-state index contributed by atoms with van der Waals surface area (Å²) in [6, 6.07) is 7.50. The van der Waals surface area contributed by atoms with Gasteiger partial charge in [0.1, 0.15) is 5.52 Å². The van der Waals surface area contributed by atoms with Crippen LogP contribution in [0.5, 0.6) is 0 Å². The maximum Gasteiger partial charge on any atom is 0.241 e. The fourth-order valence-corrected chi connectivity index (χ4v) is 2.28. The molecule has 6 heteroatoms. The summed E-state index contributed by atoms with van der Waals surface area (Å²) in [5.41, 5.74) is 9.62. The molecule has 6 nitrogen and oxygen atoms in total. The van der Waals surface area contributed by atoms with Crippen molar-refractivity contribution in [3.05, 3.63) is 53.9 Å². The molecule has 116 valence electrons. The number of benzene rings is 1. The highest BCUT2D eigenvalue weighted by Crippen LogP contribution is 2.23. The third kappa shape index (κ3) is 3.12. The van der Waals surface area contributed by atoms with Gasteiger partial charge in [0, 0.05) is 23.4 Å². The van der Waals surface area contributed by atoms with Crippen molar-refractivity contribution in [2.75, 3.05) is 0 Å². The van der Waals surface area contributed by atoms with E-state index >= 15 is 0 Å². The molecule has 0 aliphatic carbocycles. The van der Waals surface area contributed by atoms with Crippen molar-refractivity contribution >= 4 is 23.1 Å². The molecule has 0 fully saturated rings. The van der Waals surface area contributed by atoms with E-state index in [0.717, 1.165) is 16.7 Å². The zero-order valence-corrected chi connectivity index (χ0v) is 12.5. The van der Waals surface area contributed by atoms with Crippen LogP contribution in [0.15, 0.2) is 42.7 Å². The Bertz CT molecular complexity index is 879. The van der Waals surface area contributed by atoms with E-state index in [4.69, 9.17) is 5.73 Å². The smallest absolute Gasteiger partial charge is 0.241 e. The number of aromatic nitrogens is 3. The van der Waals surface area contributed by atoms with Gasteiger partial charge in [-0.15, -0.1) is 0 Å². The Kier molecular flexibility index (Phi) is 3.91. The number of hydrogen-bond acceptors (Lipinski definition) is 4. The second-order valence-corrected chi connectivity index (χ2v) is 5.23. The van der Waals surface area contributed by atoms with Crippen molar-refractivity contribution in [1.29, 1.82) is 0 Å². The molecule has 0 aliphatic heterocycles. The van der Waals surface area contributed by atoms with Crippen LogP contribution in [0.4, 0.5) is 0 Å². The first-order valence-electron chi connectivity index (χ1n) is 7.14. The molecular weight excluding hydrogens is 292 g/mol. The van der Waals surface area contributed by atoms with Gasteiger partial charge < -0.3 is 15.8 Å². The maximum atomic E-state index is 10.9. The number of rotatable bonds is 4. The number of H-pyrrole nitrogens is 1. The van der Waals surface area contributed by atoms with Crippen molar-refractivity contribution in [1.82, 2.24) is 15.0 Å². The third-order valence-electron chi connectivity index (χ3n) is 3.53. The van der Waals surface area contributed by atoms with Crippen molar-refractivity contribution in [3.63, 3.8) is 0 Å². The highest BCUT2D eigenvalue weighted by Gasteiger charge is 2.08. The molecule has 2 heterocycles. The van der Waals surface area contributed by atoms with Crippen LogP contribution in [0.1, 0.15) is 24.2 Å². The molecule has 0 bridgehead atoms. The van der Waals surface area contributed by atoms with Crippen LogP contribution in [0, 0.1) is 0 Å². The first-order valence-corrected chi connectivity index (χ1v) is 7.14. The molecule has 4 N–H and O–H groups in total. The number of hydrogen-bond donors (Lipinski definition) is 3. The van der Waals surface area contributed by atoms with Gasteiger partial charge in [-0.25, -0.2) is 9.97 Å². The predicted molar refractivity (Wildman–Crippen MR) is 88.2 cm³/mol. The summed E-state index contributed by atoms with van der Waals surface area (Å²) in [4.78, 5) is 22.8. The zero-order chi connectivity index (χ0) is 16.4. The fourth-order valence-electron chi connectivity index (χ4n) is 2.28. The quantitative estimate of drug-likeness (QED) is 0.642. The van der Waals surface area contributed by atoms with Gasteiger partial charge in [0.15, 0.2) is 5.65 Å². The standard InChI is InChI=1S/C17H16N4O2/c1-10(22)11-2-4-12(5-3-11)14-9-20-17-16(21-14)13(8-19-17)6-7-15(18)23/h2-10,22H,1H3,(H2,18,23)(H,19,20)/b7-6+/t10-/m1/s1. The van der Waals surface area contributed by atoms with Crippen LogP contribution in [-0.4, -0.2) is 26.0 Å². The monoisotopic (exact) mass is 308 g/mol. The van der Waals surface area contributed by atoms with Crippen LogP contribution in [0.25, 0.3) is 28.5 Å². The van der Waals surface area contributed by atoms with Gasteiger partial charge in [-0.2, -0.15) is 0 Å². The SMILES string of the molecule is C[C@@H](O)c1ccc(-c2cnc3[nH]cc(/C=C/C(N)=O)c3n2)cc1. The van der Waals surface area contributed by atoms with Crippen molar-refractivity contribution in [2.24, 2.45) is 5.73 Å². The van der Waals surface area contributed by atoms with Crippen LogP contribution in [-0.2, 0) is 4.79 Å². The van der Waals surface area contributed by atoms with Crippen LogP contribution < -0.4 is 5.73 Å². The van der Waals surface area contributed by atoms with E-state index < -0.39 is 12.0 Å². The number of nitrogens with two attached hydrogens (primary N) is 1. The van der Waals surface area contributed by atoms with Crippen molar-refractivity contribution in [3.8, 4) is 11.3 Å². The van der Waals surface area contributed by atoms with Gasteiger partial charge in [-0.1, -0.05) is 24.3 Å². The summed E-state index contributed by atoms with van der Waals surface area (Å²) in [6.45, 7) is 1.72.